The van der Waals surface area contributed by atoms with Gasteiger partial charge in [-0.1, -0.05) is 24.3 Å². The normalized spacial score (nSPS) is 15.3. The second-order valence-corrected chi connectivity index (χ2v) is 8.39. The molecule has 1 aromatic heterocycles. The third-order valence-corrected chi connectivity index (χ3v) is 6.24. The summed E-state index contributed by atoms with van der Waals surface area (Å²) in [5.74, 6) is -0.136. The Balaban J connectivity index is 1.44. The van der Waals surface area contributed by atoms with Crippen LogP contribution < -0.4 is 10.6 Å². The van der Waals surface area contributed by atoms with E-state index in [4.69, 9.17) is 4.74 Å². The highest BCUT2D eigenvalue weighted by molar-refractivity contribution is 7.89. The number of morpholine rings is 1. The van der Waals surface area contributed by atoms with Crippen molar-refractivity contribution >= 4 is 16.1 Å². The molecule has 1 aromatic carbocycles. The molecule has 11 heteroatoms. The summed E-state index contributed by atoms with van der Waals surface area (Å²) < 4.78 is 32.7. The summed E-state index contributed by atoms with van der Waals surface area (Å²) in [5.41, 5.74) is 1.97. The number of ether oxygens (including phenoxy) is 1. The zero-order chi connectivity index (χ0) is 19.8. The van der Waals surface area contributed by atoms with Crippen molar-refractivity contribution in [1.29, 1.82) is 0 Å². The van der Waals surface area contributed by atoms with Gasteiger partial charge in [0.05, 0.1) is 25.5 Å². The zero-order valence-electron chi connectivity index (χ0n) is 15.5. The van der Waals surface area contributed by atoms with Gasteiger partial charge >= 0.3 is 6.03 Å². The molecule has 0 bridgehead atoms. The van der Waals surface area contributed by atoms with Crippen LogP contribution in [0.15, 0.2) is 36.9 Å². The maximum absolute atomic E-state index is 12.2. The molecule has 1 aliphatic rings. The van der Waals surface area contributed by atoms with Gasteiger partial charge in [-0.05, 0) is 11.1 Å². The summed E-state index contributed by atoms with van der Waals surface area (Å²) in [4.78, 5) is 16.0. The van der Waals surface area contributed by atoms with Crippen LogP contribution in [0.2, 0.25) is 0 Å². The molecule has 0 spiro atoms. The number of sulfonamides is 1. The van der Waals surface area contributed by atoms with Gasteiger partial charge in [0.15, 0.2) is 0 Å². The van der Waals surface area contributed by atoms with Gasteiger partial charge < -0.3 is 15.4 Å². The van der Waals surface area contributed by atoms with Gasteiger partial charge in [-0.2, -0.15) is 9.40 Å². The number of rotatable bonds is 8. The minimum absolute atomic E-state index is 0.0477. The first-order chi connectivity index (χ1) is 13.5. The summed E-state index contributed by atoms with van der Waals surface area (Å²) in [6.07, 6.45) is 3.10. The van der Waals surface area contributed by atoms with Gasteiger partial charge in [0, 0.05) is 26.2 Å². The fraction of sp³-hybridized carbons (Fsp3) is 0.471. The lowest BCUT2D eigenvalue weighted by Crippen LogP contribution is -2.44. The van der Waals surface area contributed by atoms with Gasteiger partial charge in [-0.3, -0.25) is 0 Å². The van der Waals surface area contributed by atoms with Crippen LogP contribution in [0.25, 0.3) is 0 Å². The molecule has 2 heterocycles. The maximum atomic E-state index is 12.2. The maximum Gasteiger partial charge on any atom is 0.315 e. The Hall–Kier alpha value is -2.50. The van der Waals surface area contributed by atoms with Crippen LogP contribution >= 0.6 is 0 Å². The molecule has 0 radical (unpaired) electrons. The molecule has 1 saturated heterocycles. The van der Waals surface area contributed by atoms with E-state index in [1.807, 2.05) is 24.3 Å². The van der Waals surface area contributed by atoms with E-state index in [1.165, 1.54) is 10.6 Å². The summed E-state index contributed by atoms with van der Waals surface area (Å²) in [6, 6.07) is 7.30. The van der Waals surface area contributed by atoms with E-state index in [9.17, 15) is 13.2 Å². The summed E-state index contributed by atoms with van der Waals surface area (Å²) >= 11 is 0. The average molecular weight is 408 g/mol. The van der Waals surface area contributed by atoms with Crippen molar-refractivity contribution in [2.24, 2.45) is 0 Å². The first-order valence-electron chi connectivity index (χ1n) is 9.01. The lowest BCUT2D eigenvalue weighted by molar-refractivity contribution is 0.0730. The molecule has 152 valence electrons. The van der Waals surface area contributed by atoms with Crippen LogP contribution in [0.5, 0.6) is 0 Å². The van der Waals surface area contributed by atoms with Crippen LogP contribution in [0, 0.1) is 0 Å². The Bertz CT molecular complexity index is 866. The SMILES string of the molecule is O=C(NCCS(=O)(=O)N1CCOCC1)NCc1ccccc1Cn1cncn1. The second-order valence-electron chi connectivity index (χ2n) is 6.30. The van der Waals surface area contributed by atoms with Crippen LogP contribution in [0.4, 0.5) is 4.79 Å². The minimum atomic E-state index is -3.39. The number of carbonyl (C=O) groups excluding carboxylic acids is 1. The number of amides is 2. The number of nitrogens with one attached hydrogen (secondary N) is 2. The van der Waals surface area contributed by atoms with Crippen molar-refractivity contribution in [2.75, 3.05) is 38.6 Å². The minimum Gasteiger partial charge on any atom is -0.379 e. The van der Waals surface area contributed by atoms with Gasteiger partial charge in [-0.15, -0.1) is 0 Å². The van der Waals surface area contributed by atoms with Crippen molar-refractivity contribution in [1.82, 2.24) is 29.7 Å². The number of hydrogen-bond donors (Lipinski definition) is 2. The molecule has 3 rings (SSSR count). The summed E-state index contributed by atoms with van der Waals surface area (Å²) in [6.45, 7) is 2.45. The van der Waals surface area contributed by atoms with Crippen molar-refractivity contribution < 1.29 is 17.9 Å². The first-order valence-corrected chi connectivity index (χ1v) is 10.6. The third-order valence-electron chi connectivity index (χ3n) is 4.37. The van der Waals surface area contributed by atoms with Crippen LogP contribution in [-0.4, -0.2) is 72.1 Å². The molecule has 0 atom stereocenters. The predicted molar refractivity (Wildman–Crippen MR) is 102 cm³/mol. The highest BCUT2D eigenvalue weighted by Crippen LogP contribution is 2.10. The molecule has 2 aromatic rings. The standard InChI is InChI=1S/C17H24N6O4S/c24-17(19-5-10-28(25,26)23-6-8-27-9-7-23)20-11-15-3-1-2-4-16(15)12-22-14-18-13-21-22/h1-4,13-14H,5-12H2,(H2,19,20,24). The van der Waals surface area contributed by atoms with E-state index in [-0.39, 0.29) is 12.3 Å². The summed E-state index contributed by atoms with van der Waals surface area (Å²) in [5, 5.41) is 9.45. The number of aromatic nitrogens is 3. The first kappa shape index (κ1) is 20.2. The molecule has 2 amide bonds. The third kappa shape index (κ3) is 5.75. The molecule has 28 heavy (non-hydrogen) atoms. The largest absolute Gasteiger partial charge is 0.379 e. The van der Waals surface area contributed by atoms with Crippen molar-refractivity contribution in [3.63, 3.8) is 0 Å². The molecule has 10 nitrogen and oxygen atoms in total. The monoisotopic (exact) mass is 408 g/mol. The predicted octanol–water partition coefficient (Wildman–Crippen LogP) is -0.212. The Kier molecular flexibility index (Phi) is 6.95. The lowest BCUT2D eigenvalue weighted by Gasteiger charge is -2.26. The van der Waals surface area contributed by atoms with E-state index in [0.29, 0.717) is 39.4 Å². The zero-order valence-corrected chi connectivity index (χ0v) is 16.3. The quantitative estimate of drug-likeness (QED) is 0.624. The van der Waals surface area contributed by atoms with Gasteiger partial charge in [0.1, 0.15) is 12.7 Å². The van der Waals surface area contributed by atoms with E-state index in [2.05, 4.69) is 20.7 Å². The molecular formula is C17H24N6O4S. The molecule has 2 N–H and O–H groups in total. The Morgan fingerprint density at radius 1 is 1.14 bits per heavy atom. The van der Waals surface area contributed by atoms with Gasteiger partial charge in [0.25, 0.3) is 0 Å². The number of nitrogens with zero attached hydrogens (tertiary/aromatic N) is 4. The number of urea groups is 1. The lowest BCUT2D eigenvalue weighted by atomic mass is 10.1. The van der Waals surface area contributed by atoms with Crippen LogP contribution in [-0.2, 0) is 27.8 Å². The van der Waals surface area contributed by atoms with Crippen molar-refractivity contribution in [3.8, 4) is 0 Å². The number of carbonyl (C=O) groups is 1. The Labute approximate surface area is 163 Å². The summed E-state index contributed by atoms with van der Waals surface area (Å²) in [7, 11) is -3.39. The smallest absolute Gasteiger partial charge is 0.315 e. The van der Waals surface area contributed by atoms with E-state index in [1.54, 1.807) is 11.0 Å². The van der Waals surface area contributed by atoms with Crippen LogP contribution in [0.1, 0.15) is 11.1 Å². The second kappa shape index (κ2) is 9.62. The van der Waals surface area contributed by atoms with Crippen molar-refractivity contribution in [2.45, 2.75) is 13.1 Å². The Morgan fingerprint density at radius 3 is 2.61 bits per heavy atom. The number of benzene rings is 1. The molecule has 1 aliphatic heterocycles. The molecule has 0 saturated carbocycles. The number of hydrogen-bond acceptors (Lipinski definition) is 6. The molecule has 0 unspecified atom stereocenters. The topological polar surface area (TPSA) is 118 Å². The highest BCUT2D eigenvalue weighted by Gasteiger charge is 2.23. The molecule has 1 fully saturated rings. The fourth-order valence-electron chi connectivity index (χ4n) is 2.86. The van der Waals surface area contributed by atoms with Crippen LogP contribution in [0.3, 0.4) is 0 Å². The van der Waals surface area contributed by atoms with Crippen molar-refractivity contribution in [3.05, 3.63) is 48.0 Å². The van der Waals surface area contributed by atoms with E-state index in [0.717, 1.165) is 11.1 Å². The van der Waals surface area contributed by atoms with Gasteiger partial charge in [0.2, 0.25) is 10.0 Å². The van der Waals surface area contributed by atoms with Gasteiger partial charge in [-0.25, -0.2) is 22.9 Å². The van der Waals surface area contributed by atoms with E-state index < -0.39 is 16.1 Å². The average Bonchev–Trinajstić information content (AvgIpc) is 3.21. The fourth-order valence-corrected chi connectivity index (χ4v) is 4.18. The Morgan fingerprint density at radius 2 is 1.89 bits per heavy atom. The molecular weight excluding hydrogens is 384 g/mol. The molecule has 0 aliphatic carbocycles. The highest BCUT2D eigenvalue weighted by atomic mass is 32.2. The van der Waals surface area contributed by atoms with E-state index >= 15 is 0 Å².